The van der Waals surface area contributed by atoms with Gasteiger partial charge in [0.25, 0.3) is 0 Å². The van der Waals surface area contributed by atoms with Gasteiger partial charge in [-0.15, -0.1) is 0 Å². The molecule has 0 atom stereocenters. The maximum atomic E-state index is 10.3. The minimum atomic E-state index is -0.0265. The van der Waals surface area contributed by atoms with Crippen molar-refractivity contribution in [2.24, 2.45) is 0 Å². The van der Waals surface area contributed by atoms with E-state index in [9.17, 15) is 5.11 Å². The van der Waals surface area contributed by atoms with Gasteiger partial charge in [-0.3, -0.25) is 0 Å². The van der Waals surface area contributed by atoms with E-state index in [1.807, 2.05) is 43.3 Å². The molecule has 0 heterocycles. The topological polar surface area (TPSA) is 23.1 Å². The van der Waals surface area contributed by atoms with E-state index >= 15 is 0 Å². The van der Waals surface area contributed by atoms with Crippen molar-refractivity contribution in [3.63, 3.8) is 0 Å². The Morgan fingerprint density at radius 1 is 1.17 bits per heavy atom. The minimum absolute atomic E-state index is 0.0265. The number of benzene rings is 1. The van der Waals surface area contributed by atoms with Gasteiger partial charge in [-0.05, 0) is 24.1 Å². The molecule has 0 aliphatic heterocycles. The van der Waals surface area contributed by atoms with Crippen LogP contribution in [0.3, 0.4) is 0 Å². The number of hydrogen-bond acceptors (Lipinski definition) is 1. The summed E-state index contributed by atoms with van der Waals surface area (Å²) in [6.07, 6.45) is 0.633. The van der Waals surface area contributed by atoms with Crippen molar-refractivity contribution in [2.45, 2.75) is 6.42 Å². The van der Waals surface area contributed by atoms with Crippen LogP contribution in [0.5, 0.6) is 0 Å². The summed E-state index contributed by atoms with van der Waals surface area (Å²) >= 11 is 0. The molecule has 65 valence electrons. The van der Waals surface area contributed by atoms with Gasteiger partial charge in [0.05, 0.1) is 6.61 Å². The Bertz CT molecular complexity index is 228. The molecule has 1 aromatic carbocycles. The Morgan fingerprint density at radius 2 is 1.75 bits per heavy atom. The first kappa shape index (κ1) is 9.07. The Balaban J connectivity index is 2.71. The van der Waals surface area contributed by atoms with E-state index < -0.39 is 0 Å². The summed E-state index contributed by atoms with van der Waals surface area (Å²) in [6, 6.07) is 8.08. The summed E-state index contributed by atoms with van der Waals surface area (Å²) in [5.41, 5.74) is 2.29. The molecule has 0 unspecified atom stereocenters. The average molecular weight is 164 g/mol. The van der Waals surface area contributed by atoms with Crippen LogP contribution in [0.2, 0.25) is 0 Å². The van der Waals surface area contributed by atoms with Crippen LogP contribution in [-0.2, 0) is 11.5 Å². The molecule has 0 fully saturated rings. The van der Waals surface area contributed by atoms with Gasteiger partial charge in [0.15, 0.2) is 0 Å². The molecule has 2 nitrogen and oxygen atoms in total. The molecule has 0 saturated carbocycles. The molecule has 1 aromatic rings. The molecule has 0 bridgehead atoms. The fourth-order valence-corrected chi connectivity index (χ4v) is 1.08. The monoisotopic (exact) mass is 164 g/mol. The van der Waals surface area contributed by atoms with E-state index in [0.717, 1.165) is 5.56 Å². The van der Waals surface area contributed by atoms with Gasteiger partial charge in [-0.25, -0.2) is 5.11 Å². The zero-order valence-corrected chi connectivity index (χ0v) is 7.58. The minimum Gasteiger partial charge on any atom is -0.378 e. The highest BCUT2D eigenvalue weighted by Crippen LogP contribution is 2.12. The van der Waals surface area contributed by atoms with Gasteiger partial charge in [0.1, 0.15) is 0 Å². The number of rotatable bonds is 3. The highest BCUT2D eigenvalue weighted by molar-refractivity contribution is 5.45. The Labute approximate surface area is 73.4 Å². The number of hydrogen-bond donors (Lipinski definition) is 0. The summed E-state index contributed by atoms with van der Waals surface area (Å²) in [5, 5.41) is 10.3. The summed E-state index contributed by atoms with van der Waals surface area (Å²) in [4.78, 5) is 2.04. The smallest absolute Gasteiger partial charge is 0.0862 e. The largest absolute Gasteiger partial charge is 0.378 e. The van der Waals surface area contributed by atoms with E-state index in [-0.39, 0.29) is 6.61 Å². The molecule has 1 radical (unpaired) electrons. The molecule has 0 saturated heterocycles. The second-order valence-electron chi connectivity index (χ2n) is 3.01. The predicted molar refractivity (Wildman–Crippen MR) is 50.0 cm³/mol. The molecule has 0 aliphatic carbocycles. The first-order valence-electron chi connectivity index (χ1n) is 4.08. The molecule has 1 rings (SSSR count). The number of anilines is 1. The van der Waals surface area contributed by atoms with E-state index in [0.29, 0.717) is 6.42 Å². The first-order chi connectivity index (χ1) is 5.74. The molecule has 12 heavy (non-hydrogen) atoms. The van der Waals surface area contributed by atoms with Crippen molar-refractivity contribution in [1.82, 2.24) is 0 Å². The highest BCUT2D eigenvalue weighted by Gasteiger charge is 1.95. The van der Waals surface area contributed by atoms with Crippen molar-refractivity contribution < 1.29 is 5.11 Å². The molecule has 0 spiro atoms. The first-order valence-corrected chi connectivity index (χ1v) is 4.08. The van der Waals surface area contributed by atoms with Gasteiger partial charge in [-0.1, -0.05) is 12.1 Å². The lowest BCUT2D eigenvalue weighted by Crippen LogP contribution is -2.08. The lowest BCUT2D eigenvalue weighted by molar-refractivity contribution is 0.197. The van der Waals surface area contributed by atoms with Crippen LogP contribution in [0.25, 0.3) is 0 Å². The van der Waals surface area contributed by atoms with Gasteiger partial charge in [-0.2, -0.15) is 0 Å². The SMILES string of the molecule is CN(C)c1ccc(CC[O])cc1. The van der Waals surface area contributed by atoms with Crippen LogP contribution in [-0.4, -0.2) is 20.7 Å². The summed E-state index contributed by atoms with van der Waals surface area (Å²) in [5.74, 6) is 0. The normalized spacial score (nSPS) is 9.92. The third-order valence-electron chi connectivity index (χ3n) is 1.84. The van der Waals surface area contributed by atoms with Crippen molar-refractivity contribution in [1.29, 1.82) is 0 Å². The Hall–Kier alpha value is -1.02. The second kappa shape index (κ2) is 4.12. The summed E-state index contributed by atoms with van der Waals surface area (Å²) in [7, 11) is 4.01. The fraction of sp³-hybridized carbons (Fsp3) is 0.400. The van der Waals surface area contributed by atoms with Gasteiger partial charge in [0, 0.05) is 19.8 Å². The maximum absolute atomic E-state index is 10.3. The lowest BCUT2D eigenvalue weighted by atomic mass is 10.1. The van der Waals surface area contributed by atoms with Crippen molar-refractivity contribution in [2.75, 3.05) is 25.6 Å². The Kier molecular flexibility index (Phi) is 3.11. The zero-order chi connectivity index (χ0) is 8.97. The van der Waals surface area contributed by atoms with Gasteiger partial charge < -0.3 is 4.90 Å². The molecule has 2 heteroatoms. The zero-order valence-electron chi connectivity index (χ0n) is 7.58. The van der Waals surface area contributed by atoms with E-state index in [1.165, 1.54) is 5.69 Å². The van der Waals surface area contributed by atoms with Crippen molar-refractivity contribution in [3.05, 3.63) is 29.8 Å². The van der Waals surface area contributed by atoms with Crippen LogP contribution in [0.15, 0.2) is 24.3 Å². The standard InChI is InChI=1S/C10H14NO/c1-11(2)10-5-3-9(4-6-10)7-8-12/h3-6H,7-8H2,1-2H3. The van der Waals surface area contributed by atoms with Crippen molar-refractivity contribution >= 4 is 5.69 Å². The number of nitrogens with zero attached hydrogens (tertiary/aromatic N) is 1. The predicted octanol–water partition coefficient (Wildman–Crippen LogP) is 1.73. The summed E-state index contributed by atoms with van der Waals surface area (Å²) in [6.45, 7) is -0.0265. The third-order valence-corrected chi connectivity index (χ3v) is 1.84. The van der Waals surface area contributed by atoms with Crippen LogP contribution >= 0.6 is 0 Å². The van der Waals surface area contributed by atoms with E-state index in [1.54, 1.807) is 0 Å². The molecular formula is C10H14NO. The Morgan fingerprint density at radius 3 is 2.17 bits per heavy atom. The molecular weight excluding hydrogens is 150 g/mol. The van der Waals surface area contributed by atoms with Gasteiger partial charge in [0.2, 0.25) is 0 Å². The average Bonchev–Trinajstić information content (AvgIpc) is 2.06. The second-order valence-corrected chi connectivity index (χ2v) is 3.01. The van der Waals surface area contributed by atoms with Crippen LogP contribution in [0.4, 0.5) is 5.69 Å². The third kappa shape index (κ3) is 2.24. The highest BCUT2D eigenvalue weighted by atomic mass is 16.2. The maximum Gasteiger partial charge on any atom is 0.0862 e. The van der Waals surface area contributed by atoms with Crippen LogP contribution in [0.1, 0.15) is 5.56 Å². The quantitative estimate of drug-likeness (QED) is 0.667. The fourth-order valence-electron chi connectivity index (χ4n) is 1.08. The summed E-state index contributed by atoms with van der Waals surface area (Å²) < 4.78 is 0. The van der Waals surface area contributed by atoms with E-state index in [4.69, 9.17) is 0 Å². The molecule has 0 aliphatic rings. The molecule has 0 N–H and O–H groups in total. The lowest BCUT2D eigenvalue weighted by Gasteiger charge is -2.12. The molecule has 0 amide bonds. The van der Waals surface area contributed by atoms with Crippen molar-refractivity contribution in [3.8, 4) is 0 Å². The van der Waals surface area contributed by atoms with Gasteiger partial charge >= 0.3 is 0 Å². The van der Waals surface area contributed by atoms with Crippen LogP contribution < -0.4 is 4.90 Å². The van der Waals surface area contributed by atoms with E-state index in [2.05, 4.69) is 0 Å². The molecule has 0 aromatic heterocycles. The van der Waals surface area contributed by atoms with Crippen LogP contribution in [0, 0.1) is 0 Å².